The normalized spacial score (nSPS) is 17.8. The van der Waals surface area contributed by atoms with Crippen molar-refractivity contribution in [2.24, 2.45) is 0 Å². The second-order valence-electron chi connectivity index (χ2n) is 4.91. The Hall–Kier alpha value is -1.74. The van der Waals surface area contributed by atoms with Crippen molar-refractivity contribution >= 4 is 22.8 Å². The van der Waals surface area contributed by atoms with Crippen molar-refractivity contribution in [1.82, 2.24) is 9.55 Å². The topological polar surface area (TPSA) is 17.8 Å². The highest BCUT2D eigenvalue weighted by Crippen LogP contribution is 2.43. The fourth-order valence-electron chi connectivity index (χ4n) is 2.78. The minimum atomic E-state index is 0.364. The van der Waals surface area contributed by atoms with Gasteiger partial charge in [0.2, 0.25) is 0 Å². The minimum absolute atomic E-state index is 0.364. The van der Waals surface area contributed by atoms with E-state index in [9.17, 15) is 0 Å². The molecule has 2 heterocycles. The van der Waals surface area contributed by atoms with Gasteiger partial charge in [0.05, 0.1) is 16.8 Å². The van der Waals surface area contributed by atoms with E-state index in [-0.39, 0.29) is 0 Å². The van der Waals surface area contributed by atoms with Gasteiger partial charge >= 0.3 is 0 Å². The molecule has 0 fully saturated rings. The van der Waals surface area contributed by atoms with Gasteiger partial charge in [-0.3, -0.25) is 0 Å². The maximum absolute atomic E-state index is 4.74. The van der Waals surface area contributed by atoms with E-state index in [1.807, 2.05) is 11.8 Å². The zero-order chi connectivity index (χ0) is 12.8. The van der Waals surface area contributed by atoms with Crippen LogP contribution in [0.3, 0.4) is 0 Å². The summed E-state index contributed by atoms with van der Waals surface area (Å²) in [5.74, 6) is 2.19. The van der Waals surface area contributed by atoms with E-state index in [0.717, 1.165) is 11.3 Å². The smallest absolute Gasteiger partial charge is 0.121 e. The molecule has 4 rings (SSSR count). The molecule has 3 aromatic rings. The van der Waals surface area contributed by atoms with Crippen LogP contribution in [0.2, 0.25) is 0 Å². The van der Waals surface area contributed by atoms with E-state index in [1.165, 1.54) is 22.5 Å². The lowest BCUT2D eigenvalue weighted by Gasteiger charge is -2.16. The lowest BCUT2D eigenvalue weighted by Crippen LogP contribution is -2.04. The summed E-state index contributed by atoms with van der Waals surface area (Å²) in [7, 11) is 0. The fraction of sp³-hybridized carbons (Fsp3) is 0.188. The Morgan fingerprint density at radius 3 is 2.79 bits per heavy atom. The molecule has 0 aliphatic carbocycles. The van der Waals surface area contributed by atoms with Gasteiger partial charge in [0.1, 0.15) is 11.2 Å². The molecule has 0 saturated carbocycles. The number of nitrogens with zero attached hydrogens (tertiary/aromatic N) is 2. The first-order valence-corrected chi connectivity index (χ1v) is 7.52. The van der Waals surface area contributed by atoms with E-state index in [1.54, 1.807) is 0 Å². The van der Waals surface area contributed by atoms with Crippen molar-refractivity contribution < 1.29 is 0 Å². The van der Waals surface area contributed by atoms with Gasteiger partial charge in [0, 0.05) is 0 Å². The summed E-state index contributed by atoms with van der Waals surface area (Å²) in [4.78, 5) is 4.74. The van der Waals surface area contributed by atoms with E-state index >= 15 is 0 Å². The molecule has 1 aliphatic heterocycles. The van der Waals surface area contributed by atoms with Gasteiger partial charge in [-0.25, -0.2) is 4.98 Å². The Bertz CT molecular complexity index is 760. The van der Waals surface area contributed by atoms with Crippen molar-refractivity contribution in [1.29, 1.82) is 0 Å². The zero-order valence-electron chi connectivity index (χ0n) is 10.7. The Balaban J connectivity index is 1.94. The number of hydrogen-bond donors (Lipinski definition) is 0. The first-order valence-electron chi connectivity index (χ1n) is 6.47. The maximum Gasteiger partial charge on any atom is 0.121 e. The molecule has 0 saturated heterocycles. The number of fused-ring (bicyclic) bond motifs is 3. The number of benzene rings is 2. The van der Waals surface area contributed by atoms with Gasteiger partial charge in [-0.1, -0.05) is 36.4 Å². The molecule has 1 atom stereocenters. The predicted molar refractivity (Wildman–Crippen MR) is 80.3 cm³/mol. The van der Waals surface area contributed by atoms with Gasteiger partial charge in [-0.15, -0.1) is 11.8 Å². The molecule has 2 aromatic carbocycles. The van der Waals surface area contributed by atoms with Gasteiger partial charge in [-0.05, 0) is 30.2 Å². The molecule has 3 heteroatoms. The van der Waals surface area contributed by atoms with E-state index in [2.05, 4.69) is 60.0 Å². The molecule has 0 bridgehead atoms. The molecule has 1 aliphatic rings. The molecule has 0 amide bonds. The first kappa shape index (κ1) is 11.1. The fourth-order valence-corrected chi connectivity index (χ4v) is 4.12. The monoisotopic (exact) mass is 266 g/mol. The standard InChI is InChI=1S/C16H14N2S/c1-11-6-2-3-7-12(11)16-18-14-9-5-4-8-13(14)17-15(18)10-19-16/h2-9,16H,10H2,1H3/t16-/m0/s1. The molecular weight excluding hydrogens is 252 g/mol. The average molecular weight is 266 g/mol. The number of para-hydroxylation sites is 2. The van der Waals surface area contributed by atoms with Crippen LogP contribution in [0.1, 0.15) is 22.3 Å². The van der Waals surface area contributed by atoms with E-state index in [0.29, 0.717) is 5.37 Å². The molecule has 0 radical (unpaired) electrons. The first-order chi connectivity index (χ1) is 9.34. The second kappa shape index (κ2) is 4.14. The summed E-state index contributed by atoms with van der Waals surface area (Å²) < 4.78 is 2.39. The predicted octanol–water partition coefficient (Wildman–Crippen LogP) is 4.14. The largest absolute Gasteiger partial charge is 0.310 e. The van der Waals surface area contributed by atoms with Crippen molar-refractivity contribution in [3.05, 3.63) is 65.5 Å². The van der Waals surface area contributed by atoms with Crippen LogP contribution in [0.15, 0.2) is 48.5 Å². The highest BCUT2D eigenvalue weighted by atomic mass is 32.2. The molecular formula is C16H14N2S. The van der Waals surface area contributed by atoms with Crippen LogP contribution in [-0.4, -0.2) is 9.55 Å². The van der Waals surface area contributed by atoms with Gasteiger partial charge in [0.25, 0.3) is 0 Å². The van der Waals surface area contributed by atoms with Crippen LogP contribution in [0.4, 0.5) is 0 Å². The third-order valence-electron chi connectivity index (χ3n) is 3.73. The van der Waals surface area contributed by atoms with Crippen LogP contribution < -0.4 is 0 Å². The Morgan fingerprint density at radius 2 is 1.89 bits per heavy atom. The molecule has 0 spiro atoms. The molecule has 94 valence electrons. The van der Waals surface area contributed by atoms with Gasteiger partial charge < -0.3 is 4.57 Å². The molecule has 1 aromatic heterocycles. The van der Waals surface area contributed by atoms with Crippen molar-refractivity contribution in [2.45, 2.75) is 18.1 Å². The highest BCUT2D eigenvalue weighted by molar-refractivity contribution is 7.99. The molecule has 2 nitrogen and oxygen atoms in total. The van der Waals surface area contributed by atoms with Gasteiger partial charge in [-0.2, -0.15) is 0 Å². The molecule has 0 N–H and O–H groups in total. The van der Waals surface area contributed by atoms with Crippen LogP contribution in [0.25, 0.3) is 11.0 Å². The number of imidazole rings is 1. The van der Waals surface area contributed by atoms with Gasteiger partial charge in [0.15, 0.2) is 0 Å². The lowest BCUT2D eigenvalue weighted by molar-refractivity contribution is 0.789. The van der Waals surface area contributed by atoms with Crippen molar-refractivity contribution in [3.63, 3.8) is 0 Å². The van der Waals surface area contributed by atoms with Crippen LogP contribution in [0.5, 0.6) is 0 Å². The number of aromatic nitrogens is 2. The summed E-state index contributed by atoms with van der Waals surface area (Å²) in [5.41, 5.74) is 5.10. The van der Waals surface area contributed by atoms with E-state index in [4.69, 9.17) is 4.98 Å². The Kier molecular flexibility index (Phi) is 2.42. The summed E-state index contributed by atoms with van der Waals surface area (Å²) in [6.45, 7) is 2.19. The number of aryl methyl sites for hydroxylation is 1. The SMILES string of the molecule is Cc1ccccc1[C@@H]1SCc2nc3ccccc3n21. The average Bonchev–Trinajstić information content (AvgIpc) is 2.98. The van der Waals surface area contributed by atoms with Crippen LogP contribution in [-0.2, 0) is 5.75 Å². The lowest BCUT2D eigenvalue weighted by atomic mass is 10.1. The number of thioether (sulfide) groups is 1. The van der Waals surface area contributed by atoms with Crippen molar-refractivity contribution in [2.75, 3.05) is 0 Å². The third-order valence-corrected chi connectivity index (χ3v) is 4.93. The number of hydrogen-bond acceptors (Lipinski definition) is 2. The summed E-state index contributed by atoms with van der Waals surface area (Å²) in [6, 6.07) is 17.1. The Labute approximate surface area is 116 Å². The zero-order valence-corrected chi connectivity index (χ0v) is 11.5. The molecule has 0 unspecified atom stereocenters. The number of rotatable bonds is 1. The summed E-state index contributed by atoms with van der Waals surface area (Å²) >= 11 is 1.96. The maximum atomic E-state index is 4.74. The van der Waals surface area contributed by atoms with E-state index < -0.39 is 0 Å². The van der Waals surface area contributed by atoms with Crippen LogP contribution >= 0.6 is 11.8 Å². The summed E-state index contributed by atoms with van der Waals surface area (Å²) in [6.07, 6.45) is 0. The molecule has 19 heavy (non-hydrogen) atoms. The minimum Gasteiger partial charge on any atom is -0.310 e. The Morgan fingerprint density at radius 1 is 1.11 bits per heavy atom. The summed E-state index contributed by atoms with van der Waals surface area (Å²) in [5, 5.41) is 0.364. The quantitative estimate of drug-likeness (QED) is 0.659. The van der Waals surface area contributed by atoms with Crippen molar-refractivity contribution in [3.8, 4) is 0 Å². The third kappa shape index (κ3) is 1.61. The highest BCUT2D eigenvalue weighted by Gasteiger charge is 2.28. The second-order valence-corrected chi connectivity index (χ2v) is 5.98. The van der Waals surface area contributed by atoms with Crippen LogP contribution in [0, 0.1) is 6.92 Å².